The Labute approximate surface area is 164 Å². The normalized spacial score (nSPS) is 16.0. The van der Waals surface area contributed by atoms with Crippen LogP contribution in [0.25, 0.3) is 0 Å². The molecule has 1 heterocycles. The van der Waals surface area contributed by atoms with Crippen molar-refractivity contribution < 1.29 is 22.3 Å². The van der Waals surface area contributed by atoms with Crippen LogP contribution in [-0.4, -0.2) is 38.8 Å². The van der Waals surface area contributed by atoms with E-state index in [-0.39, 0.29) is 10.5 Å². The average Bonchev–Trinajstić information content (AvgIpc) is 2.68. The maximum absolute atomic E-state index is 14.3. The van der Waals surface area contributed by atoms with E-state index in [1.54, 1.807) is 24.3 Å². The predicted octanol–water partition coefficient (Wildman–Crippen LogP) is 3.51. The molecule has 6 nitrogen and oxygen atoms in total. The van der Waals surface area contributed by atoms with E-state index in [0.717, 1.165) is 25.0 Å². The standard InChI is InChI=1S/C20H23FN2O4S/c1-14-8-10-23(11-9-14)28(25,26)17-6-7-19(21)18(13-17)20(24)22-15-4-3-5-16(12-15)27-2/h3-7,12-14H,8-11H2,1-2H3,(H,22,24). The highest BCUT2D eigenvalue weighted by molar-refractivity contribution is 7.89. The third kappa shape index (κ3) is 4.34. The minimum atomic E-state index is -3.78. The SMILES string of the molecule is COc1cccc(NC(=O)c2cc(S(=O)(=O)N3CCC(C)CC3)ccc2F)c1. The van der Waals surface area contributed by atoms with Gasteiger partial charge in [-0.1, -0.05) is 13.0 Å². The molecule has 1 saturated heterocycles. The van der Waals surface area contributed by atoms with Crippen LogP contribution in [0.3, 0.4) is 0 Å². The van der Waals surface area contributed by atoms with Gasteiger partial charge in [0.2, 0.25) is 10.0 Å². The number of amides is 1. The molecule has 8 heteroatoms. The van der Waals surface area contributed by atoms with E-state index >= 15 is 0 Å². The number of hydrogen-bond donors (Lipinski definition) is 1. The molecule has 0 atom stereocenters. The second kappa shape index (κ2) is 8.28. The zero-order valence-corrected chi connectivity index (χ0v) is 16.6. The van der Waals surface area contributed by atoms with Crippen molar-refractivity contribution in [2.45, 2.75) is 24.7 Å². The van der Waals surface area contributed by atoms with Gasteiger partial charge in [0.1, 0.15) is 11.6 Å². The Balaban J connectivity index is 1.85. The minimum Gasteiger partial charge on any atom is -0.497 e. The number of nitrogens with one attached hydrogen (secondary N) is 1. The molecular weight excluding hydrogens is 383 g/mol. The average molecular weight is 406 g/mol. The van der Waals surface area contributed by atoms with Crippen molar-refractivity contribution in [1.82, 2.24) is 4.31 Å². The van der Waals surface area contributed by atoms with Crippen LogP contribution in [-0.2, 0) is 10.0 Å². The molecule has 0 aromatic heterocycles. The van der Waals surface area contributed by atoms with Crippen molar-refractivity contribution in [2.24, 2.45) is 5.92 Å². The lowest BCUT2D eigenvalue weighted by atomic mass is 10.0. The highest BCUT2D eigenvalue weighted by Crippen LogP contribution is 2.25. The minimum absolute atomic E-state index is 0.0840. The number of piperidine rings is 1. The van der Waals surface area contributed by atoms with Gasteiger partial charge in [0, 0.05) is 24.8 Å². The number of nitrogens with zero attached hydrogens (tertiary/aromatic N) is 1. The molecule has 1 aliphatic heterocycles. The molecule has 1 aliphatic rings. The first kappa shape index (κ1) is 20.3. The summed E-state index contributed by atoms with van der Waals surface area (Å²) < 4.78 is 46.5. The van der Waals surface area contributed by atoms with Crippen molar-refractivity contribution >= 4 is 21.6 Å². The summed E-state index contributed by atoms with van der Waals surface area (Å²) in [6.45, 7) is 2.93. The quantitative estimate of drug-likeness (QED) is 0.825. The van der Waals surface area contributed by atoms with Crippen molar-refractivity contribution in [3.05, 3.63) is 53.8 Å². The fourth-order valence-corrected chi connectivity index (χ4v) is 4.61. The highest BCUT2D eigenvalue weighted by Gasteiger charge is 2.29. The Morgan fingerprint density at radius 1 is 1.18 bits per heavy atom. The fraction of sp³-hybridized carbons (Fsp3) is 0.350. The third-order valence-corrected chi connectivity index (χ3v) is 6.79. The van der Waals surface area contributed by atoms with Gasteiger partial charge in [0.05, 0.1) is 17.6 Å². The Kier molecular flexibility index (Phi) is 6.00. The number of ether oxygens (including phenoxy) is 1. The van der Waals surface area contributed by atoms with Gasteiger partial charge in [-0.3, -0.25) is 4.79 Å². The summed E-state index contributed by atoms with van der Waals surface area (Å²) in [4.78, 5) is 12.4. The second-order valence-corrected chi connectivity index (χ2v) is 8.85. The van der Waals surface area contributed by atoms with Crippen LogP contribution in [0, 0.1) is 11.7 Å². The zero-order chi connectivity index (χ0) is 20.3. The van der Waals surface area contributed by atoms with E-state index < -0.39 is 21.7 Å². The van der Waals surface area contributed by atoms with Crippen LogP contribution in [0.2, 0.25) is 0 Å². The third-order valence-electron chi connectivity index (χ3n) is 4.89. The van der Waals surface area contributed by atoms with E-state index in [1.165, 1.54) is 17.5 Å². The number of carbonyl (C=O) groups excluding carboxylic acids is 1. The topological polar surface area (TPSA) is 75.7 Å². The van der Waals surface area contributed by atoms with Crippen molar-refractivity contribution in [3.63, 3.8) is 0 Å². The van der Waals surface area contributed by atoms with Gasteiger partial charge >= 0.3 is 0 Å². The van der Waals surface area contributed by atoms with Crippen LogP contribution in [0.15, 0.2) is 47.4 Å². The first-order valence-electron chi connectivity index (χ1n) is 9.06. The van der Waals surface area contributed by atoms with Crippen LogP contribution in [0.5, 0.6) is 5.75 Å². The van der Waals surface area contributed by atoms with Crippen molar-refractivity contribution in [3.8, 4) is 5.75 Å². The number of methoxy groups -OCH3 is 1. The number of sulfonamides is 1. The van der Waals surface area contributed by atoms with Gasteiger partial charge in [-0.25, -0.2) is 12.8 Å². The molecule has 0 radical (unpaired) electrons. The van der Waals surface area contributed by atoms with Crippen LogP contribution in [0.1, 0.15) is 30.1 Å². The Morgan fingerprint density at radius 2 is 1.89 bits per heavy atom. The molecule has 1 fully saturated rings. The monoisotopic (exact) mass is 406 g/mol. The molecule has 1 N–H and O–H groups in total. The van der Waals surface area contributed by atoms with Crippen molar-refractivity contribution in [2.75, 3.05) is 25.5 Å². The molecule has 1 amide bonds. The molecule has 0 aliphatic carbocycles. The Bertz CT molecular complexity index is 970. The Hall–Kier alpha value is -2.45. The fourth-order valence-electron chi connectivity index (χ4n) is 3.11. The van der Waals surface area contributed by atoms with E-state index in [9.17, 15) is 17.6 Å². The van der Waals surface area contributed by atoms with E-state index in [2.05, 4.69) is 12.2 Å². The summed E-state index contributed by atoms with van der Waals surface area (Å²) in [5, 5.41) is 2.57. The van der Waals surface area contributed by atoms with E-state index in [4.69, 9.17) is 4.74 Å². The number of hydrogen-bond acceptors (Lipinski definition) is 4. The van der Waals surface area contributed by atoms with E-state index in [0.29, 0.717) is 30.4 Å². The smallest absolute Gasteiger partial charge is 0.258 e. The van der Waals surface area contributed by atoms with Crippen LogP contribution < -0.4 is 10.1 Å². The first-order chi connectivity index (χ1) is 13.3. The van der Waals surface area contributed by atoms with Gasteiger partial charge in [-0.15, -0.1) is 0 Å². The van der Waals surface area contributed by atoms with Crippen LogP contribution in [0.4, 0.5) is 10.1 Å². The number of rotatable bonds is 5. The molecule has 0 unspecified atom stereocenters. The highest BCUT2D eigenvalue weighted by atomic mass is 32.2. The molecule has 0 saturated carbocycles. The van der Waals surface area contributed by atoms with Gasteiger partial charge < -0.3 is 10.1 Å². The molecule has 0 bridgehead atoms. The number of carbonyl (C=O) groups is 1. The maximum atomic E-state index is 14.3. The van der Waals surface area contributed by atoms with Gasteiger partial charge in [-0.2, -0.15) is 4.31 Å². The molecular formula is C20H23FN2O4S. The lowest BCUT2D eigenvalue weighted by molar-refractivity contribution is 0.102. The molecule has 2 aromatic carbocycles. The first-order valence-corrected chi connectivity index (χ1v) is 10.5. The summed E-state index contributed by atoms with van der Waals surface area (Å²) in [6.07, 6.45) is 1.56. The maximum Gasteiger partial charge on any atom is 0.258 e. The molecule has 28 heavy (non-hydrogen) atoms. The van der Waals surface area contributed by atoms with Gasteiger partial charge in [0.25, 0.3) is 5.91 Å². The summed E-state index contributed by atoms with van der Waals surface area (Å²) in [6, 6.07) is 9.92. The van der Waals surface area contributed by atoms with Crippen LogP contribution >= 0.6 is 0 Å². The summed E-state index contributed by atoms with van der Waals surface area (Å²) in [5.41, 5.74) is 0.0938. The summed E-state index contributed by atoms with van der Waals surface area (Å²) in [7, 11) is -2.28. The van der Waals surface area contributed by atoms with Gasteiger partial charge in [0.15, 0.2) is 0 Å². The molecule has 150 valence electrons. The molecule has 0 spiro atoms. The number of halogens is 1. The Morgan fingerprint density at radius 3 is 2.57 bits per heavy atom. The number of anilines is 1. The molecule has 2 aromatic rings. The summed E-state index contributed by atoms with van der Waals surface area (Å²) >= 11 is 0. The lowest BCUT2D eigenvalue weighted by Gasteiger charge is -2.29. The second-order valence-electron chi connectivity index (χ2n) is 6.91. The van der Waals surface area contributed by atoms with Crippen molar-refractivity contribution in [1.29, 1.82) is 0 Å². The summed E-state index contributed by atoms with van der Waals surface area (Å²) in [5.74, 6) is -0.500. The number of benzene rings is 2. The largest absolute Gasteiger partial charge is 0.497 e. The van der Waals surface area contributed by atoms with Gasteiger partial charge in [-0.05, 0) is 49.1 Å². The zero-order valence-electron chi connectivity index (χ0n) is 15.8. The molecule has 3 rings (SSSR count). The lowest BCUT2D eigenvalue weighted by Crippen LogP contribution is -2.38. The predicted molar refractivity (Wildman–Crippen MR) is 105 cm³/mol. The van der Waals surface area contributed by atoms with E-state index in [1.807, 2.05) is 0 Å².